The molecule has 0 aromatic heterocycles. The van der Waals surface area contributed by atoms with Crippen molar-refractivity contribution in [2.45, 2.75) is 25.6 Å². The van der Waals surface area contributed by atoms with Crippen LogP contribution >= 0.6 is 23.4 Å². The monoisotopic (exact) mass is 371 g/mol. The van der Waals surface area contributed by atoms with E-state index in [1.54, 1.807) is 24.3 Å². The molecule has 1 aliphatic rings. The SMILES string of the molecule is CC(C)SC1=C(c2ccc(Cl)cc2)C(=O)N(Cc2ccccc2)C1=O. The predicted octanol–water partition coefficient (Wildman–Crippen LogP) is 4.76. The summed E-state index contributed by atoms with van der Waals surface area (Å²) in [5, 5.41) is 0.797. The lowest BCUT2D eigenvalue weighted by Crippen LogP contribution is -2.31. The fourth-order valence-corrected chi connectivity index (χ4v) is 3.81. The van der Waals surface area contributed by atoms with Gasteiger partial charge in [-0.1, -0.05) is 67.9 Å². The van der Waals surface area contributed by atoms with Crippen LogP contribution in [0.3, 0.4) is 0 Å². The Balaban J connectivity index is 1.99. The smallest absolute Gasteiger partial charge is 0.268 e. The zero-order chi connectivity index (χ0) is 18.0. The number of benzene rings is 2. The Morgan fingerprint density at radius 3 is 2.20 bits per heavy atom. The molecule has 25 heavy (non-hydrogen) atoms. The van der Waals surface area contributed by atoms with Crippen molar-refractivity contribution in [3.63, 3.8) is 0 Å². The van der Waals surface area contributed by atoms with Crippen LogP contribution < -0.4 is 0 Å². The summed E-state index contributed by atoms with van der Waals surface area (Å²) < 4.78 is 0. The highest BCUT2D eigenvalue weighted by atomic mass is 35.5. The van der Waals surface area contributed by atoms with Crippen molar-refractivity contribution in [2.24, 2.45) is 0 Å². The van der Waals surface area contributed by atoms with Crippen molar-refractivity contribution in [2.75, 3.05) is 0 Å². The second-order valence-electron chi connectivity index (χ2n) is 6.06. The van der Waals surface area contributed by atoms with Crippen LogP contribution in [-0.4, -0.2) is 22.0 Å². The van der Waals surface area contributed by atoms with Crippen LogP contribution in [0, 0.1) is 0 Å². The summed E-state index contributed by atoms with van der Waals surface area (Å²) in [6.45, 7) is 4.29. The molecule has 0 saturated carbocycles. The van der Waals surface area contributed by atoms with E-state index in [1.165, 1.54) is 16.7 Å². The largest absolute Gasteiger partial charge is 0.269 e. The van der Waals surface area contributed by atoms with Crippen LogP contribution in [0.2, 0.25) is 5.02 Å². The topological polar surface area (TPSA) is 37.4 Å². The van der Waals surface area contributed by atoms with Crippen LogP contribution in [0.4, 0.5) is 0 Å². The van der Waals surface area contributed by atoms with Gasteiger partial charge in [0.15, 0.2) is 0 Å². The van der Waals surface area contributed by atoms with E-state index < -0.39 is 0 Å². The second kappa shape index (κ2) is 7.46. The number of hydrogen-bond donors (Lipinski definition) is 0. The third kappa shape index (κ3) is 3.80. The molecule has 128 valence electrons. The molecule has 0 radical (unpaired) electrons. The maximum Gasteiger partial charge on any atom is 0.268 e. The van der Waals surface area contributed by atoms with Crippen molar-refractivity contribution in [1.29, 1.82) is 0 Å². The van der Waals surface area contributed by atoms with Gasteiger partial charge in [0, 0.05) is 10.3 Å². The number of carbonyl (C=O) groups is 2. The van der Waals surface area contributed by atoms with Gasteiger partial charge < -0.3 is 0 Å². The summed E-state index contributed by atoms with van der Waals surface area (Å²) in [6.07, 6.45) is 0. The molecule has 3 rings (SSSR count). The van der Waals surface area contributed by atoms with Crippen LogP contribution in [-0.2, 0) is 16.1 Å². The number of amides is 2. The van der Waals surface area contributed by atoms with E-state index in [0.717, 1.165) is 11.1 Å². The van der Waals surface area contributed by atoms with E-state index in [2.05, 4.69) is 0 Å². The van der Waals surface area contributed by atoms with Gasteiger partial charge in [0.2, 0.25) is 0 Å². The molecular weight excluding hydrogens is 354 g/mol. The zero-order valence-electron chi connectivity index (χ0n) is 14.0. The summed E-state index contributed by atoms with van der Waals surface area (Å²) >= 11 is 7.39. The van der Waals surface area contributed by atoms with Gasteiger partial charge in [0.25, 0.3) is 11.8 Å². The molecule has 0 bridgehead atoms. The number of imide groups is 1. The van der Waals surface area contributed by atoms with E-state index in [0.29, 0.717) is 15.5 Å². The van der Waals surface area contributed by atoms with Crippen molar-refractivity contribution >= 4 is 40.8 Å². The predicted molar refractivity (Wildman–Crippen MR) is 103 cm³/mol. The normalized spacial score (nSPS) is 14.8. The highest BCUT2D eigenvalue weighted by molar-refractivity contribution is 8.04. The van der Waals surface area contributed by atoms with Gasteiger partial charge in [-0.15, -0.1) is 11.8 Å². The molecule has 0 saturated heterocycles. The number of rotatable bonds is 5. The number of carbonyl (C=O) groups excluding carboxylic acids is 2. The fourth-order valence-electron chi connectivity index (χ4n) is 2.68. The molecule has 0 fully saturated rings. The standard InChI is InChI=1S/C20H18ClNO2S/c1-13(2)25-18-17(15-8-10-16(21)11-9-15)19(23)22(20(18)24)12-14-6-4-3-5-7-14/h3-11,13H,12H2,1-2H3. The Morgan fingerprint density at radius 2 is 1.60 bits per heavy atom. The quantitative estimate of drug-likeness (QED) is 0.711. The van der Waals surface area contributed by atoms with Gasteiger partial charge >= 0.3 is 0 Å². The molecule has 1 heterocycles. The van der Waals surface area contributed by atoms with Gasteiger partial charge in [-0.2, -0.15) is 0 Å². The van der Waals surface area contributed by atoms with Gasteiger partial charge in [-0.05, 0) is 23.3 Å². The first-order valence-corrected chi connectivity index (χ1v) is 9.30. The van der Waals surface area contributed by atoms with E-state index in [-0.39, 0.29) is 23.6 Å². The molecule has 0 aliphatic carbocycles. The third-order valence-corrected chi connectivity index (χ3v) is 5.13. The first kappa shape index (κ1) is 17.8. The molecule has 2 aromatic carbocycles. The van der Waals surface area contributed by atoms with E-state index in [4.69, 9.17) is 11.6 Å². The first-order chi connectivity index (χ1) is 12.0. The number of halogens is 1. The van der Waals surface area contributed by atoms with E-state index in [9.17, 15) is 9.59 Å². The average molecular weight is 372 g/mol. The van der Waals surface area contributed by atoms with Crippen molar-refractivity contribution < 1.29 is 9.59 Å². The molecule has 0 atom stereocenters. The van der Waals surface area contributed by atoms with Crippen LogP contribution in [0.25, 0.3) is 5.57 Å². The van der Waals surface area contributed by atoms with Gasteiger partial charge in [-0.25, -0.2) is 0 Å². The highest BCUT2D eigenvalue weighted by Crippen LogP contribution is 2.38. The summed E-state index contributed by atoms with van der Waals surface area (Å²) in [6, 6.07) is 16.6. The second-order valence-corrected chi connectivity index (χ2v) is 8.08. The molecule has 0 spiro atoms. The van der Waals surface area contributed by atoms with E-state index in [1.807, 2.05) is 44.2 Å². The number of hydrogen-bond acceptors (Lipinski definition) is 3. The van der Waals surface area contributed by atoms with Crippen molar-refractivity contribution in [3.05, 3.63) is 75.7 Å². The van der Waals surface area contributed by atoms with E-state index >= 15 is 0 Å². The first-order valence-electron chi connectivity index (χ1n) is 8.04. The summed E-state index contributed by atoms with van der Waals surface area (Å²) in [4.78, 5) is 27.7. The number of thioether (sulfide) groups is 1. The molecule has 2 amide bonds. The molecular formula is C20H18ClNO2S. The lowest BCUT2D eigenvalue weighted by Gasteiger charge is -2.15. The summed E-state index contributed by atoms with van der Waals surface area (Å²) in [7, 11) is 0. The Labute approximate surface area is 156 Å². The minimum Gasteiger partial charge on any atom is -0.269 e. The molecule has 0 unspecified atom stereocenters. The average Bonchev–Trinajstić information content (AvgIpc) is 2.81. The zero-order valence-corrected chi connectivity index (χ0v) is 15.6. The summed E-state index contributed by atoms with van der Waals surface area (Å²) in [5.41, 5.74) is 2.12. The van der Waals surface area contributed by atoms with Crippen LogP contribution in [0.1, 0.15) is 25.0 Å². The maximum atomic E-state index is 13.0. The Kier molecular flexibility index (Phi) is 5.30. The Morgan fingerprint density at radius 1 is 0.960 bits per heavy atom. The molecule has 1 aliphatic heterocycles. The Hall–Kier alpha value is -2.04. The third-order valence-electron chi connectivity index (χ3n) is 3.80. The number of nitrogens with zero attached hydrogens (tertiary/aromatic N) is 1. The molecule has 0 N–H and O–H groups in total. The Bertz CT molecular complexity index is 829. The van der Waals surface area contributed by atoms with Crippen molar-refractivity contribution in [1.82, 2.24) is 4.90 Å². The molecule has 2 aromatic rings. The minimum atomic E-state index is -0.251. The van der Waals surface area contributed by atoms with Crippen LogP contribution in [0.5, 0.6) is 0 Å². The lowest BCUT2D eigenvalue weighted by atomic mass is 10.1. The summed E-state index contributed by atoms with van der Waals surface area (Å²) in [5.74, 6) is -0.475. The van der Waals surface area contributed by atoms with Gasteiger partial charge in [-0.3, -0.25) is 14.5 Å². The maximum absolute atomic E-state index is 13.0. The fraction of sp³-hybridized carbons (Fsp3) is 0.200. The highest BCUT2D eigenvalue weighted by Gasteiger charge is 2.39. The lowest BCUT2D eigenvalue weighted by molar-refractivity contribution is -0.137. The van der Waals surface area contributed by atoms with Gasteiger partial charge in [0.05, 0.1) is 17.0 Å². The molecule has 5 heteroatoms. The molecule has 3 nitrogen and oxygen atoms in total. The van der Waals surface area contributed by atoms with Crippen LogP contribution in [0.15, 0.2) is 59.5 Å². The van der Waals surface area contributed by atoms with Crippen molar-refractivity contribution in [3.8, 4) is 0 Å². The van der Waals surface area contributed by atoms with Gasteiger partial charge in [0.1, 0.15) is 0 Å². The minimum absolute atomic E-state index is 0.200.